The Labute approximate surface area is 188 Å². The third-order valence-electron chi connectivity index (χ3n) is 5.43. The summed E-state index contributed by atoms with van der Waals surface area (Å²) in [7, 11) is -3.51. The maximum absolute atomic E-state index is 13.4. The van der Waals surface area contributed by atoms with Crippen LogP contribution in [0.4, 0.5) is 13.2 Å². The Morgan fingerprint density at radius 1 is 1.16 bits per heavy atom. The van der Waals surface area contributed by atoms with E-state index in [1.54, 1.807) is 12.1 Å². The Hall–Kier alpha value is -1.85. The summed E-state index contributed by atoms with van der Waals surface area (Å²) < 4.78 is 66.3. The minimum atomic E-state index is -4.64. The molecule has 10 heteroatoms. The van der Waals surface area contributed by atoms with E-state index in [0.717, 1.165) is 43.4 Å². The highest BCUT2D eigenvalue weighted by Crippen LogP contribution is 2.40. The van der Waals surface area contributed by atoms with Gasteiger partial charge in [0.05, 0.1) is 6.61 Å². The fourth-order valence-electron chi connectivity index (χ4n) is 3.89. The van der Waals surface area contributed by atoms with Crippen LogP contribution in [0.15, 0.2) is 42.5 Å². The fourth-order valence-corrected chi connectivity index (χ4v) is 4.61. The molecular weight excluding hydrogens is 443 g/mol. The Balaban J connectivity index is 1.58. The topological polar surface area (TPSA) is 77.9 Å². The number of aromatic nitrogens is 1. The molecule has 1 aliphatic heterocycles. The molecule has 3 N–H and O–H groups in total. The Morgan fingerprint density at radius 2 is 1.81 bits per heavy atom. The van der Waals surface area contributed by atoms with Crippen molar-refractivity contribution in [1.29, 1.82) is 0 Å². The van der Waals surface area contributed by atoms with Crippen LogP contribution in [0.1, 0.15) is 48.5 Å². The van der Waals surface area contributed by atoms with Crippen molar-refractivity contribution >= 4 is 10.8 Å². The van der Waals surface area contributed by atoms with Gasteiger partial charge in [0.25, 0.3) is 0 Å². The molecule has 2 aromatic rings. The van der Waals surface area contributed by atoms with Gasteiger partial charge in [0.2, 0.25) is 5.88 Å². The average Bonchev–Trinajstić information content (AvgIpc) is 2.72. The second-order valence-corrected chi connectivity index (χ2v) is 9.95. The molecule has 6 nitrogen and oxygen atoms in total. The number of alkyl halides is 3. The zero-order valence-electron chi connectivity index (χ0n) is 18.2. The first kappa shape index (κ1) is 24.8. The van der Waals surface area contributed by atoms with Crippen molar-refractivity contribution in [2.24, 2.45) is 0 Å². The second kappa shape index (κ2) is 10.4. The van der Waals surface area contributed by atoms with Gasteiger partial charge in [-0.2, -0.15) is 13.2 Å². The SMILES string of the molecule is CCOc1cccc(C2CCN(Cc3ccc(C(NS(C)(O)O)C(F)(F)F)cc3)CC2)n1. The van der Waals surface area contributed by atoms with Gasteiger partial charge in [0.15, 0.2) is 0 Å². The highest BCUT2D eigenvalue weighted by atomic mass is 32.3. The predicted octanol–water partition coefficient (Wildman–Crippen LogP) is 5.35. The summed E-state index contributed by atoms with van der Waals surface area (Å²) in [6, 6.07) is 9.81. The molecule has 2 heterocycles. The van der Waals surface area contributed by atoms with Crippen LogP contribution >= 0.6 is 10.8 Å². The van der Waals surface area contributed by atoms with Crippen molar-refractivity contribution in [3.05, 3.63) is 59.3 Å². The summed E-state index contributed by atoms with van der Waals surface area (Å²) in [6.45, 7) is 4.89. The third-order valence-corrected chi connectivity index (χ3v) is 6.11. The van der Waals surface area contributed by atoms with Gasteiger partial charge < -0.3 is 4.74 Å². The Morgan fingerprint density at radius 3 is 2.38 bits per heavy atom. The van der Waals surface area contributed by atoms with E-state index in [9.17, 15) is 22.3 Å². The number of halogens is 3. The molecule has 0 aliphatic carbocycles. The van der Waals surface area contributed by atoms with Gasteiger partial charge in [-0.05, 0) is 50.0 Å². The summed E-state index contributed by atoms with van der Waals surface area (Å²) in [4.78, 5) is 6.87. The monoisotopic (exact) mass is 473 g/mol. The van der Waals surface area contributed by atoms with Crippen LogP contribution in [-0.4, -0.2) is 51.1 Å². The summed E-state index contributed by atoms with van der Waals surface area (Å²) in [5.74, 6) is 1.00. The van der Waals surface area contributed by atoms with Gasteiger partial charge in [-0.25, -0.2) is 9.71 Å². The third kappa shape index (κ3) is 7.08. The van der Waals surface area contributed by atoms with Gasteiger partial charge in [-0.3, -0.25) is 14.0 Å². The van der Waals surface area contributed by atoms with E-state index < -0.39 is 23.0 Å². The van der Waals surface area contributed by atoms with Crippen molar-refractivity contribution < 1.29 is 27.0 Å². The van der Waals surface area contributed by atoms with E-state index in [2.05, 4.69) is 9.88 Å². The van der Waals surface area contributed by atoms with Gasteiger partial charge in [-0.1, -0.05) is 30.3 Å². The first-order chi connectivity index (χ1) is 15.0. The van der Waals surface area contributed by atoms with Gasteiger partial charge in [0, 0.05) is 30.5 Å². The molecule has 3 rings (SSSR count). The van der Waals surface area contributed by atoms with E-state index in [1.807, 2.05) is 29.8 Å². The normalized spacial score (nSPS) is 17.8. The quantitative estimate of drug-likeness (QED) is 0.480. The first-order valence-corrected chi connectivity index (χ1v) is 12.5. The molecule has 1 aromatic carbocycles. The predicted molar refractivity (Wildman–Crippen MR) is 120 cm³/mol. The van der Waals surface area contributed by atoms with E-state index in [-0.39, 0.29) is 5.56 Å². The fraction of sp³-hybridized carbons (Fsp3) is 0.500. The maximum atomic E-state index is 13.4. The van der Waals surface area contributed by atoms with Gasteiger partial charge >= 0.3 is 6.18 Å². The van der Waals surface area contributed by atoms with E-state index in [4.69, 9.17) is 4.74 Å². The van der Waals surface area contributed by atoms with Crippen LogP contribution in [0.2, 0.25) is 0 Å². The standard InChI is InChI=1S/C22H30F3N3O3S/c1-3-31-20-6-4-5-19(26-20)17-11-13-28(14-12-17)15-16-7-9-18(10-8-16)21(22(23,24)25)27-32(2,29)30/h4-10,17,21,27,29-30H,3,11-15H2,1-2H3. The molecule has 1 atom stereocenters. The van der Waals surface area contributed by atoms with Crippen LogP contribution in [-0.2, 0) is 6.54 Å². The lowest BCUT2D eigenvalue weighted by Crippen LogP contribution is -2.35. The molecule has 1 saturated heterocycles. The van der Waals surface area contributed by atoms with E-state index in [1.165, 1.54) is 12.1 Å². The lowest BCUT2D eigenvalue weighted by Gasteiger charge is -2.34. The molecule has 1 fully saturated rings. The maximum Gasteiger partial charge on any atom is 0.409 e. The molecule has 0 saturated carbocycles. The minimum Gasteiger partial charge on any atom is -0.478 e. The van der Waals surface area contributed by atoms with Crippen molar-refractivity contribution in [1.82, 2.24) is 14.6 Å². The number of hydrogen-bond donors (Lipinski definition) is 3. The van der Waals surface area contributed by atoms with Crippen molar-refractivity contribution in [2.45, 2.75) is 44.4 Å². The minimum absolute atomic E-state index is 0.0537. The highest BCUT2D eigenvalue weighted by molar-refractivity contribution is 8.22. The molecule has 1 aromatic heterocycles. The zero-order valence-corrected chi connectivity index (χ0v) is 19.0. The summed E-state index contributed by atoms with van der Waals surface area (Å²) in [5, 5.41) is 0. The molecule has 0 amide bonds. The van der Waals surface area contributed by atoms with Crippen LogP contribution in [0.3, 0.4) is 0 Å². The average molecular weight is 474 g/mol. The molecule has 178 valence electrons. The number of benzene rings is 1. The number of ether oxygens (including phenoxy) is 1. The second-order valence-electron chi connectivity index (χ2n) is 8.05. The molecule has 32 heavy (non-hydrogen) atoms. The number of nitrogens with one attached hydrogen (secondary N) is 1. The van der Waals surface area contributed by atoms with Crippen molar-refractivity contribution in [2.75, 3.05) is 26.0 Å². The van der Waals surface area contributed by atoms with Crippen molar-refractivity contribution in [3.8, 4) is 5.88 Å². The smallest absolute Gasteiger partial charge is 0.409 e. The largest absolute Gasteiger partial charge is 0.478 e. The lowest BCUT2D eigenvalue weighted by atomic mass is 9.92. The summed E-state index contributed by atoms with van der Waals surface area (Å²) in [5.41, 5.74) is 1.89. The number of hydrogen-bond acceptors (Lipinski definition) is 6. The molecular formula is C22H30F3N3O3S. The first-order valence-electron chi connectivity index (χ1n) is 10.5. The Bertz CT molecular complexity index is 867. The molecule has 0 bridgehead atoms. The van der Waals surface area contributed by atoms with Gasteiger partial charge in [0.1, 0.15) is 6.04 Å². The van der Waals surface area contributed by atoms with Gasteiger partial charge in [-0.15, -0.1) is 10.8 Å². The molecule has 0 spiro atoms. The van der Waals surface area contributed by atoms with Crippen LogP contribution < -0.4 is 9.46 Å². The van der Waals surface area contributed by atoms with Crippen molar-refractivity contribution in [3.63, 3.8) is 0 Å². The van der Waals surface area contributed by atoms with E-state index >= 15 is 0 Å². The van der Waals surface area contributed by atoms with Crippen LogP contribution in [0.5, 0.6) is 5.88 Å². The number of nitrogens with zero attached hydrogens (tertiary/aromatic N) is 2. The number of rotatable bonds is 8. The van der Waals surface area contributed by atoms with Crippen LogP contribution in [0, 0.1) is 0 Å². The molecule has 1 unspecified atom stereocenters. The Kier molecular flexibility index (Phi) is 8.05. The summed E-state index contributed by atoms with van der Waals surface area (Å²) >= 11 is 0. The highest BCUT2D eigenvalue weighted by Gasteiger charge is 2.42. The number of likely N-dealkylation sites (tertiary alicyclic amines) is 1. The zero-order chi connectivity index (χ0) is 23.4. The molecule has 1 aliphatic rings. The van der Waals surface area contributed by atoms with E-state index in [0.29, 0.717) is 24.9 Å². The van der Waals surface area contributed by atoms with Crippen LogP contribution in [0.25, 0.3) is 0 Å². The summed E-state index contributed by atoms with van der Waals surface area (Å²) in [6.07, 6.45) is -1.80. The number of pyridine rings is 1. The number of piperidine rings is 1. The lowest BCUT2D eigenvalue weighted by molar-refractivity contribution is -0.153. The molecule has 0 radical (unpaired) electrons.